The Morgan fingerprint density at radius 1 is 1.41 bits per heavy atom. The predicted octanol–water partition coefficient (Wildman–Crippen LogP) is 3.32. The molecule has 2 nitrogen and oxygen atoms in total. The maximum absolute atomic E-state index is 4.28. The lowest BCUT2D eigenvalue weighted by molar-refractivity contribution is 0.693. The Morgan fingerprint density at radius 2 is 2.24 bits per heavy atom. The molecule has 0 aromatic carbocycles. The second-order valence-electron chi connectivity index (χ2n) is 4.18. The van der Waals surface area contributed by atoms with Crippen LogP contribution in [0, 0.1) is 6.92 Å². The van der Waals surface area contributed by atoms with Gasteiger partial charge in [-0.2, -0.15) is 0 Å². The maximum atomic E-state index is 4.28. The molecule has 0 bridgehead atoms. The standard InChI is InChI=1S/C14H18N2S/c1-4-11-5-6-17-14(11)13(15-3)12-7-10(2)8-16-9-12/h5-9,13,15H,4H2,1-3H3. The number of rotatable bonds is 4. The van der Waals surface area contributed by atoms with Gasteiger partial charge in [-0.1, -0.05) is 13.0 Å². The number of hydrogen-bond donors (Lipinski definition) is 1. The minimum atomic E-state index is 0.261. The summed E-state index contributed by atoms with van der Waals surface area (Å²) in [6, 6.07) is 4.68. The lowest BCUT2D eigenvalue weighted by Crippen LogP contribution is -2.18. The van der Waals surface area contributed by atoms with E-state index in [0.717, 1.165) is 6.42 Å². The van der Waals surface area contributed by atoms with E-state index in [1.165, 1.54) is 21.6 Å². The van der Waals surface area contributed by atoms with Gasteiger partial charge < -0.3 is 5.32 Å². The van der Waals surface area contributed by atoms with E-state index in [1.54, 1.807) is 0 Å². The Kier molecular flexibility index (Phi) is 3.92. The van der Waals surface area contributed by atoms with Crippen LogP contribution < -0.4 is 5.32 Å². The van der Waals surface area contributed by atoms with Crippen LogP contribution in [0.5, 0.6) is 0 Å². The summed E-state index contributed by atoms with van der Waals surface area (Å²) in [7, 11) is 2.01. The van der Waals surface area contributed by atoms with Crippen molar-refractivity contribution in [3.8, 4) is 0 Å². The Balaban J connectivity index is 2.40. The molecule has 0 saturated heterocycles. The molecule has 0 aliphatic rings. The third kappa shape index (κ3) is 2.56. The van der Waals surface area contributed by atoms with E-state index in [1.807, 2.05) is 30.8 Å². The summed E-state index contributed by atoms with van der Waals surface area (Å²) in [5.74, 6) is 0. The molecular weight excluding hydrogens is 228 g/mol. The molecule has 0 spiro atoms. The molecule has 2 heterocycles. The number of hydrogen-bond acceptors (Lipinski definition) is 3. The summed E-state index contributed by atoms with van der Waals surface area (Å²) >= 11 is 1.82. The summed E-state index contributed by atoms with van der Waals surface area (Å²) in [5, 5.41) is 5.56. The van der Waals surface area contributed by atoms with Crippen LogP contribution in [0.3, 0.4) is 0 Å². The van der Waals surface area contributed by atoms with Crippen LogP contribution in [0.4, 0.5) is 0 Å². The molecular formula is C14H18N2S. The fourth-order valence-corrected chi connectivity index (χ4v) is 3.21. The van der Waals surface area contributed by atoms with E-state index < -0.39 is 0 Å². The molecule has 2 aromatic rings. The molecule has 0 aliphatic heterocycles. The Morgan fingerprint density at radius 3 is 2.88 bits per heavy atom. The topological polar surface area (TPSA) is 24.9 Å². The van der Waals surface area contributed by atoms with Crippen molar-refractivity contribution in [2.24, 2.45) is 0 Å². The summed E-state index contributed by atoms with van der Waals surface area (Å²) in [6.07, 6.45) is 4.93. The highest BCUT2D eigenvalue weighted by Crippen LogP contribution is 2.29. The first-order chi connectivity index (χ1) is 8.26. The van der Waals surface area contributed by atoms with E-state index in [2.05, 4.69) is 41.7 Å². The normalized spacial score (nSPS) is 12.6. The van der Waals surface area contributed by atoms with Crippen molar-refractivity contribution in [2.75, 3.05) is 7.05 Å². The van der Waals surface area contributed by atoms with Gasteiger partial charge in [-0.15, -0.1) is 11.3 Å². The Hall–Kier alpha value is -1.19. The molecule has 17 heavy (non-hydrogen) atoms. The zero-order valence-corrected chi connectivity index (χ0v) is 11.3. The molecule has 2 aromatic heterocycles. The minimum Gasteiger partial charge on any atom is -0.309 e. The highest BCUT2D eigenvalue weighted by Gasteiger charge is 2.16. The molecule has 0 aliphatic carbocycles. The molecule has 1 N–H and O–H groups in total. The lowest BCUT2D eigenvalue weighted by atomic mass is 10.0. The maximum Gasteiger partial charge on any atom is 0.0686 e. The quantitative estimate of drug-likeness (QED) is 0.895. The predicted molar refractivity (Wildman–Crippen MR) is 73.6 cm³/mol. The summed E-state index contributed by atoms with van der Waals surface area (Å²) < 4.78 is 0. The number of aromatic nitrogens is 1. The molecule has 0 fully saturated rings. The van der Waals surface area contributed by atoms with Crippen molar-refractivity contribution in [2.45, 2.75) is 26.3 Å². The molecule has 90 valence electrons. The monoisotopic (exact) mass is 246 g/mol. The smallest absolute Gasteiger partial charge is 0.0686 e. The van der Waals surface area contributed by atoms with Crippen LogP contribution in [0.15, 0.2) is 29.9 Å². The average Bonchev–Trinajstić information content (AvgIpc) is 2.78. The molecule has 1 atom stereocenters. The molecule has 2 rings (SSSR count). The minimum absolute atomic E-state index is 0.261. The van der Waals surface area contributed by atoms with E-state index in [4.69, 9.17) is 0 Å². The van der Waals surface area contributed by atoms with Gasteiger partial charge in [0, 0.05) is 17.3 Å². The van der Waals surface area contributed by atoms with Gasteiger partial charge >= 0.3 is 0 Å². The van der Waals surface area contributed by atoms with Crippen molar-refractivity contribution in [3.63, 3.8) is 0 Å². The Labute approximate surface area is 107 Å². The zero-order chi connectivity index (χ0) is 12.3. The second kappa shape index (κ2) is 5.43. The van der Waals surface area contributed by atoms with Gasteiger partial charge in [0.1, 0.15) is 0 Å². The third-order valence-electron chi connectivity index (χ3n) is 2.94. The second-order valence-corrected chi connectivity index (χ2v) is 5.13. The summed E-state index contributed by atoms with van der Waals surface area (Å²) in [6.45, 7) is 4.28. The summed E-state index contributed by atoms with van der Waals surface area (Å²) in [5.41, 5.74) is 3.87. The van der Waals surface area contributed by atoms with E-state index >= 15 is 0 Å². The van der Waals surface area contributed by atoms with Gasteiger partial charge in [-0.25, -0.2) is 0 Å². The molecule has 0 radical (unpaired) electrons. The van der Waals surface area contributed by atoms with Crippen molar-refractivity contribution in [1.29, 1.82) is 0 Å². The first kappa shape index (κ1) is 12.3. The number of thiophene rings is 1. The number of pyridine rings is 1. The fourth-order valence-electron chi connectivity index (χ4n) is 2.08. The van der Waals surface area contributed by atoms with Crippen LogP contribution >= 0.6 is 11.3 Å². The number of nitrogens with one attached hydrogen (secondary N) is 1. The fraction of sp³-hybridized carbons (Fsp3) is 0.357. The average molecular weight is 246 g/mol. The number of aryl methyl sites for hydroxylation is 2. The van der Waals surface area contributed by atoms with Gasteiger partial charge in [0.15, 0.2) is 0 Å². The Bertz CT molecular complexity index is 490. The van der Waals surface area contributed by atoms with E-state index in [0.29, 0.717) is 0 Å². The largest absolute Gasteiger partial charge is 0.309 e. The van der Waals surface area contributed by atoms with Crippen LogP contribution in [-0.4, -0.2) is 12.0 Å². The van der Waals surface area contributed by atoms with Gasteiger partial charge in [0.05, 0.1) is 6.04 Å². The van der Waals surface area contributed by atoms with Crippen LogP contribution in [0.1, 0.15) is 34.5 Å². The van der Waals surface area contributed by atoms with Gasteiger partial charge in [-0.05, 0) is 48.5 Å². The first-order valence-corrected chi connectivity index (χ1v) is 6.79. The lowest BCUT2D eigenvalue weighted by Gasteiger charge is -2.17. The third-order valence-corrected chi connectivity index (χ3v) is 3.97. The van der Waals surface area contributed by atoms with Crippen molar-refractivity contribution >= 4 is 11.3 Å². The molecule has 0 amide bonds. The van der Waals surface area contributed by atoms with Gasteiger partial charge in [-0.3, -0.25) is 4.98 Å². The van der Waals surface area contributed by atoms with Gasteiger partial charge in [0.25, 0.3) is 0 Å². The van der Waals surface area contributed by atoms with E-state index in [-0.39, 0.29) is 6.04 Å². The van der Waals surface area contributed by atoms with Crippen molar-refractivity contribution < 1.29 is 0 Å². The first-order valence-electron chi connectivity index (χ1n) is 5.91. The van der Waals surface area contributed by atoms with Gasteiger partial charge in [0.2, 0.25) is 0 Å². The van der Waals surface area contributed by atoms with Crippen LogP contribution in [0.2, 0.25) is 0 Å². The zero-order valence-electron chi connectivity index (χ0n) is 10.5. The molecule has 3 heteroatoms. The molecule has 0 saturated carbocycles. The SMILES string of the molecule is CCc1ccsc1C(NC)c1cncc(C)c1. The van der Waals surface area contributed by atoms with Crippen molar-refractivity contribution in [3.05, 3.63) is 51.5 Å². The van der Waals surface area contributed by atoms with Crippen LogP contribution in [0.25, 0.3) is 0 Å². The van der Waals surface area contributed by atoms with Crippen molar-refractivity contribution in [1.82, 2.24) is 10.3 Å². The summed E-state index contributed by atoms with van der Waals surface area (Å²) in [4.78, 5) is 5.69. The van der Waals surface area contributed by atoms with E-state index in [9.17, 15) is 0 Å². The molecule has 1 unspecified atom stereocenters. The van der Waals surface area contributed by atoms with Crippen LogP contribution in [-0.2, 0) is 6.42 Å². The number of nitrogens with zero attached hydrogens (tertiary/aromatic N) is 1. The highest BCUT2D eigenvalue weighted by molar-refractivity contribution is 7.10. The highest BCUT2D eigenvalue weighted by atomic mass is 32.1.